The summed E-state index contributed by atoms with van der Waals surface area (Å²) in [6.07, 6.45) is 9.27. The van der Waals surface area contributed by atoms with E-state index in [2.05, 4.69) is 10.6 Å². The molecular formula is C29H44N2O5. The van der Waals surface area contributed by atoms with Crippen LogP contribution in [0.2, 0.25) is 0 Å². The summed E-state index contributed by atoms with van der Waals surface area (Å²) in [4.78, 5) is 38.0. The first kappa shape index (κ1) is 28.0. The Bertz CT molecular complexity index is 858. The van der Waals surface area contributed by atoms with Crippen molar-refractivity contribution in [1.29, 1.82) is 0 Å². The molecule has 7 heteroatoms. The lowest BCUT2D eigenvalue weighted by atomic mass is 9.71. The summed E-state index contributed by atoms with van der Waals surface area (Å²) < 4.78 is 10.9. The Balaban J connectivity index is 1.52. The van der Waals surface area contributed by atoms with E-state index in [1.54, 1.807) is 0 Å². The van der Waals surface area contributed by atoms with Gasteiger partial charge in [-0.15, -0.1) is 0 Å². The summed E-state index contributed by atoms with van der Waals surface area (Å²) in [5.74, 6) is -0.110. The van der Waals surface area contributed by atoms with Gasteiger partial charge in [0.25, 0.3) is 0 Å². The van der Waals surface area contributed by atoms with Crippen molar-refractivity contribution in [2.75, 3.05) is 6.54 Å². The molecule has 2 atom stereocenters. The van der Waals surface area contributed by atoms with E-state index in [-0.39, 0.29) is 35.9 Å². The molecule has 200 valence electrons. The molecule has 0 bridgehead atoms. The smallest absolute Gasteiger partial charge is 0.407 e. The number of hydrogen-bond donors (Lipinski definition) is 2. The highest BCUT2D eigenvalue weighted by Crippen LogP contribution is 2.39. The number of nitrogens with one attached hydrogen (secondary N) is 2. The van der Waals surface area contributed by atoms with Crippen LogP contribution in [0.25, 0.3) is 0 Å². The molecule has 0 radical (unpaired) electrons. The van der Waals surface area contributed by atoms with Gasteiger partial charge in [-0.05, 0) is 63.4 Å². The Labute approximate surface area is 216 Å². The molecule has 2 fully saturated rings. The first-order valence-electron chi connectivity index (χ1n) is 13.6. The molecule has 0 heterocycles. The Hall–Kier alpha value is -2.57. The standard InChI is InChI=1S/C29H44N2O5/c1-28(2,3)36-27(34)30-21-29(16-10-5-11-17-29)19-25(32)31-24-15-9-8-14-23(24)18-26(33)35-20-22-12-6-4-7-13-22/h4,6-7,12-13,23-24H,5,8-11,14-21H2,1-3H3,(H,30,34)(H,31,32). The lowest BCUT2D eigenvalue weighted by molar-refractivity contribution is -0.147. The van der Waals surface area contributed by atoms with Crippen LogP contribution in [-0.2, 0) is 25.7 Å². The van der Waals surface area contributed by atoms with E-state index in [0.717, 1.165) is 63.4 Å². The molecule has 0 saturated heterocycles. The molecule has 36 heavy (non-hydrogen) atoms. The Morgan fingerprint density at radius 1 is 0.972 bits per heavy atom. The molecule has 0 aliphatic heterocycles. The van der Waals surface area contributed by atoms with E-state index < -0.39 is 11.7 Å². The van der Waals surface area contributed by atoms with E-state index in [1.165, 1.54) is 0 Å². The van der Waals surface area contributed by atoms with Crippen molar-refractivity contribution in [3.05, 3.63) is 35.9 Å². The number of rotatable bonds is 9. The number of esters is 1. The van der Waals surface area contributed by atoms with Crippen LogP contribution in [0.4, 0.5) is 4.79 Å². The molecule has 2 amide bonds. The van der Waals surface area contributed by atoms with Gasteiger partial charge < -0.3 is 20.1 Å². The maximum atomic E-state index is 13.2. The average molecular weight is 501 g/mol. The minimum atomic E-state index is -0.556. The molecule has 0 aromatic heterocycles. The summed E-state index contributed by atoms with van der Waals surface area (Å²) in [6, 6.07) is 9.66. The van der Waals surface area contributed by atoms with Crippen molar-refractivity contribution < 1.29 is 23.9 Å². The quantitative estimate of drug-likeness (QED) is 0.427. The van der Waals surface area contributed by atoms with Gasteiger partial charge in [0.2, 0.25) is 5.91 Å². The lowest BCUT2D eigenvalue weighted by Crippen LogP contribution is -2.47. The van der Waals surface area contributed by atoms with Crippen LogP contribution < -0.4 is 10.6 Å². The zero-order valence-electron chi connectivity index (χ0n) is 22.3. The van der Waals surface area contributed by atoms with Crippen molar-refractivity contribution >= 4 is 18.0 Å². The van der Waals surface area contributed by atoms with Crippen LogP contribution in [0.15, 0.2) is 30.3 Å². The first-order valence-corrected chi connectivity index (χ1v) is 13.6. The maximum absolute atomic E-state index is 13.2. The van der Waals surface area contributed by atoms with Crippen molar-refractivity contribution in [2.45, 2.75) is 110 Å². The minimum absolute atomic E-state index is 0.0115. The molecule has 2 unspecified atom stereocenters. The van der Waals surface area contributed by atoms with Crippen molar-refractivity contribution in [2.24, 2.45) is 11.3 Å². The highest BCUT2D eigenvalue weighted by molar-refractivity contribution is 5.77. The van der Waals surface area contributed by atoms with Crippen molar-refractivity contribution in [3.63, 3.8) is 0 Å². The van der Waals surface area contributed by atoms with Gasteiger partial charge in [0.15, 0.2) is 0 Å². The third-order valence-electron chi connectivity index (χ3n) is 7.38. The minimum Gasteiger partial charge on any atom is -0.461 e. The topological polar surface area (TPSA) is 93.7 Å². The normalized spacial score (nSPS) is 21.8. The Morgan fingerprint density at radius 3 is 2.36 bits per heavy atom. The van der Waals surface area contributed by atoms with E-state index in [9.17, 15) is 14.4 Å². The van der Waals surface area contributed by atoms with E-state index in [1.807, 2.05) is 51.1 Å². The highest BCUT2D eigenvalue weighted by Gasteiger charge is 2.37. The van der Waals surface area contributed by atoms with Crippen LogP contribution in [0.5, 0.6) is 0 Å². The number of alkyl carbamates (subject to hydrolysis) is 1. The highest BCUT2D eigenvalue weighted by atomic mass is 16.6. The fourth-order valence-corrected chi connectivity index (χ4v) is 5.54. The summed E-state index contributed by atoms with van der Waals surface area (Å²) in [5, 5.41) is 6.17. The number of benzene rings is 1. The molecule has 1 aromatic carbocycles. The van der Waals surface area contributed by atoms with Crippen LogP contribution in [0, 0.1) is 11.3 Å². The van der Waals surface area contributed by atoms with Gasteiger partial charge >= 0.3 is 12.1 Å². The average Bonchev–Trinajstić information content (AvgIpc) is 2.83. The molecule has 1 aromatic rings. The van der Waals surface area contributed by atoms with Crippen molar-refractivity contribution in [3.8, 4) is 0 Å². The van der Waals surface area contributed by atoms with Crippen molar-refractivity contribution in [1.82, 2.24) is 10.6 Å². The molecule has 2 N–H and O–H groups in total. The van der Waals surface area contributed by atoms with E-state index in [4.69, 9.17) is 9.47 Å². The Kier molecular flexibility index (Phi) is 10.2. The zero-order valence-corrected chi connectivity index (χ0v) is 22.3. The third kappa shape index (κ3) is 9.47. The number of carbonyl (C=O) groups is 3. The molecular weight excluding hydrogens is 456 g/mol. The van der Waals surface area contributed by atoms with Gasteiger partial charge in [-0.1, -0.05) is 62.4 Å². The fraction of sp³-hybridized carbons (Fsp3) is 0.690. The van der Waals surface area contributed by atoms with Gasteiger partial charge in [-0.2, -0.15) is 0 Å². The molecule has 3 rings (SSSR count). The van der Waals surface area contributed by atoms with Crippen LogP contribution >= 0.6 is 0 Å². The lowest BCUT2D eigenvalue weighted by Gasteiger charge is -2.38. The predicted molar refractivity (Wildman–Crippen MR) is 139 cm³/mol. The number of hydrogen-bond acceptors (Lipinski definition) is 5. The second-order valence-electron chi connectivity index (χ2n) is 11.7. The van der Waals surface area contributed by atoms with Gasteiger partial charge in [-0.25, -0.2) is 4.79 Å². The third-order valence-corrected chi connectivity index (χ3v) is 7.38. The van der Waals surface area contributed by atoms with E-state index >= 15 is 0 Å². The number of carbonyl (C=O) groups excluding carboxylic acids is 3. The van der Waals surface area contributed by atoms with Gasteiger partial charge in [0.1, 0.15) is 12.2 Å². The molecule has 2 saturated carbocycles. The Morgan fingerprint density at radius 2 is 1.67 bits per heavy atom. The zero-order chi connectivity index (χ0) is 26.0. The maximum Gasteiger partial charge on any atom is 0.407 e. The number of amides is 2. The van der Waals surface area contributed by atoms with Crippen LogP contribution in [0.1, 0.15) is 97.0 Å². The first-order chi connectivity index (χ1) is 17.1. The summed E-state index contributed by atoms with van der Waals surface area (Å²) in [7, 11) is 0. The second-order valence-corrected chi connectivity index (χ2v) is 11.7. The molecule has 7 nitrogen and oxygen atoms in total. The summed E-state index contributed by atoms with van der Waals surface area (Å²) in [6.45, 7) is 6.24. The monoisotopic (exact) mass is 500 g/mol. The van der Waals surface area contributed by atoms with Gasteiger partial charge in [0.05, 0.1) is 6.42 Å². The number of ether oxygens (including phenoxy) is 2. The van der Waals surface area contributed by atoms with Gasteiger partial charge in [-0.3, -0.25) is 9.59 Å². The molecule has 0 spiro atoms. The van der Waals surface area contributed by atoms with E-state index in [0.29, 0.717) is 19.4 Å². The summed E-state index contributed by atoms with van der Waals surface area (Å²) >= 11 is 0. The largest absolute Gasteiger partial charge is 0.461 e. The van der Waals surface area contributed by atoms with Gasteiger partial charge in [0, 0.05) is 19.0 Å². The predicted octanol–water partition coefficient (Wildman–Crippen LogP) is 5.66. The fourth-order valence-electron chi connectivity index (χ4n) is 5.54. The SMILES string of the molecule is CC(C)(C)OC(=O)NCC1(CC(=O)NC2CCCCC2CC(=O)OCc2ccccc2)CCCCC1. The molecule has 2 aliphatic carbocycles. The van der Waals surface area contributed by atoms with Crippen LogP contribution in [-0.4, -0.2) is 36.2 Å². The second kappa shape index (κ2) is 13.1. The van der Waals surface area contributed by atoms with Crippen LogP contribution in [0.3, 0.4) is 0 Å². The molecule has 2 aliphatic rings. The summed E-state index contributed by atoms with van der Waals surface area (Å²) in [5.41, 5.74) is 0.161.